The summed E-state index contributed by atoms with van der Waals surface area (Å²) in [4.78, 5) is 33.1. The number of nitrogens with one attached hydrogen (secondary N) is 1. The fraction of sp³-hybridized carbons (Fsp3) is 0.455. The quantitative estimate of drug-likeness (QED) is 0.887. The van der Waals surface area contributed by atoms with E-state index in [1.807, 2.05) is 11.0 Å². The molecule has 1 aromatic heterocycles. The molecule has 0 saturated carbocycles. The summed E-state index contributed by atoms with van der Waals surface area (Å²) >= 11 is 0. The molecule has 4 fully saturated rings. The molecule has 0 unspecified atom stereocenters. The Hall–Kier alpha value is -2.60. The first-order valence-corrected chi connectivity index (χ1v) is 10.0. The van der Waals surface area contributed by atoms with Gasteiger partial charge in [-0.25, -0.2) is 0 Å². The molecule has 4 aliphatic rings. The van der Waals surface area contributed by atoms with Crippen molar-refractivity contribution in [3.63, 3.8) is 0 Å². The largest absolute Gasteiger partial charge is 0.491 e. The molecule has 2 bridgehead atoms. The van der Waals surface area contributed by atoms with Crippen LogP contribution < -0.4 is 10.2 Å². The maximum atomic E-state index is 13.4. The molecule has 1 N–H and O–H groups in total. The van der Waals surface area contributed by atoms with Gasteiger partial charge in [0.25, 0.3) is 5.91 Å². The van der Waals surface area contributed by atoms with Crippen LogP contribution in [0, 0.1) is 5.92 Å². The van der Waals surface area contributed by atoms with Crippen molar-refractivity contribution in [3.8, 4) is 5.75 Å². The van der Waals surface area contributed by atoms with Gasteiger partial charge < -0.3 is 14.6 Å². The van der Waals surface area contributed by atoms with Gasteiger partial charge in [-0.1, -0.05) is 30.3 Å². The summed E-state index contributed by atoms with van der Waals surface area (Å²) in [5, 5.41) is 0. The molecule has 6 rings (SSSR count). The molecule has 0 spiro atoms. The smallest absolute Gasteiger partial charge is 0.270 e. The van der Waals surface area contributed by atoms with Gasteiger partial charge in [-0.3, -0.25) is 14.5 Å². The Morgan fingerprint density at radius 2 is 1.89 bits per heavy atom. The number of fused-ring (bicyclic) bond motifs is 2. The average molecular weight is 379 g/mol. The number of aromatic nitrogens is 1. The van der Waals surface area contributed by atoms with E-state index < -0.39 is 0 Å². The SMILES string of the molecule is COc1c[nH]c(C(=O)N2C[C@@H](c3ccccc3)[C@@H]3[C@H]2C2CCN3CC2)cc1=O. The molecule has 1 amide bonds. The van der Waals surface area contributed by atoms with E-state index in [9.17, 15) is 9.59 Å². The highest BCUT2D eigenvalue weighted by molar-refractivity contribution is 5.93. The minimum Gasteiger partial charge on any atom is -0.491 e. The molecule has 0 aliphatic carbocycles. The number of carbonyl (C=O) groups is 1. The lowest BCUT2D eigenvalue weighted by Crippen LogP contribution is -2.60. The molecule has 28 heavy (non-hydrogen) atoms. The molecule has 0 radical (unpaired) electrons. The number of H-pyrrole nitrogens is 1. The number of benzene rings is 1. The van der Waals surface area contributed by atoms with Gasteiger partial charge in [0.15, 0.2) is 5.75 Å². The van der Waals surface area contributed by atoms with Gasteiger partial charge in [-0.05, 0) is 37.4 Å². The summed E-state index contributed by atoms with van der Waals surface area (Å²) in [6.45, 7) is 2.94. The summed E-state index contributed by atoms with van der Waals surface area (Å²) in [5.74, 6) is 0.989. The average Bonchev–Trinajstić information content (AvgIpc) is 3.17. The molecular formula is C22H25N3O3. The number of rotatable bonds is 3. The molecule has 5 heterocycles. The number of aromatic amines is 1. The fourth-order valence-corrected chi connectivity index (χ4v) is 5.54. The van der Waals surface area contributed by atoms with Crippen molar-refractivity contribution in [1.29, 1.82) is 0 Å². The molecule has 146 valence electrons. The Kier molecular flexibility index (Phi) is 4.23. The van der Waals surface area contributed by atoms with Crippen molar-refractivity contribution in [2.75, 3.05) is 26.7 Å². The molecule has 3 atom stereocenters. The maximum Gasteiger partial charge on any atom is 0.270 e. The lowest BCUT2D eigenvalue weighted by molar-refractivity contribution is -0.00358. The summed E-state index contributed by atoms with van der Waals surface area (Å²) in [6, 6.07) is 12.5. The van der Waals surface area contributed by atoms with E-state index in [0.29, 0.717) is 30.1 Å². The Morgan fingerprint density at radius 3 is 2.57 bits per heavy atom. The first kappa shape index (κ1) is 17.5. The number of nitrogens with zero attached hydrogens (tertiary/aromatic N) is 2. The van der Waals surface area contributed by atoms with Gasteiger partial charge in [-0.15, -0.1) is 0 Å². The third-order valence-electron chi connectivity index (χ3n) is 6.81. The van der Waals surface area contributed by atoms with E-state index >= 15 is 0 Å². The minimum absolute atomic E-state index is 0.0815. The third kappa shape index (κ3) is 2.66. The number of hydrogen-bond acceptors (Lipinski definition) is 4. The van der Waals surface area contributed by atoms with Crippen LogP contribution in [0.2, 0.25) is 0 Å². The second-order valence-electron chi connectivity index (χ2n) is 8.11. The van der Waals surface area contributed by atoms with Crippen molar-refractivity contribution in [2.45, 2.75) is 30.8 Å². The lowest BCUT2D eigenvalue weighted by atomic mass is 9.75. The van der Waals surface area contributed by atoms with E-state index in [0.717, 1.165) is 25.9 Å². The number of likely N-dealkylation sites (tertiary alicyclic amines) is 1. The van der Waals surface area contributed by atoms with Crippen LogP contribution in [0.25, 0.3) is 0 Å². The standard InChI is InChI=1S/C22H25N3O3/c1-28-19-12-23-17(11-18(19)26)22(27)25-13-16(14-5-3-2-4-6-14)21-20(25)15-7-9-24(21)10-8-15/h2-6,11-12,15-16,20-21H,7-10,13H2,1H3,(H,23,26)/t16-,20+,21+/m0/s1. The van der Waals surface area contributed by atoms with Crippen LogP contribution >= 0.6 is 0 Å². The monoisotopic (exact) mass is 379 g/mol. The molecule has 2 aromatic rings. The predicted molar refractivity (Wildman–Crippen MR) is 106 cm³/mol. The highest BCUT2D eigenvalue weighted by Crippen LogP contribution is 2.46. The van der Waals surface area contributed by atoms with E-state index in [1.165, 1.54) is 24.9 Å². The zero-order valence-electron chi connectivity index (χ0n) is 16.0. The number of hydrogen-bond donors (Lipinski definition) is 1. The van der Waals surface area contributed by atoms with E-state index in [1.54, 1.807) is 0 Å². The van der Waals surface area contributed by atoms with Crippen molar-refractivity contribution in [2.24, 2.45) is 5.92 Å². The number of piperidine rings is 3. The molecule has 4 aliphatic heterocycles. The molecule has 6 heteroatoms. The van der Waals surface area contributed by atoms with Crippen LogP contribution in [0.5, 0.6) is 5.75 Å². The molecule has 4 saturated heterocycles. The maximum absolute atomic E-state index is 13.4. The van der Waals surface area contributed by atoms with Crippen LogP contribution in [-0.2, 0) is 0 Å². The second-order valence-corrected chi connectivity index (χ2v) is 8.11. The minimum atomic E-state index is -0.270. The van der Waals surface area contributed by atoms with Crippen molar-refractivity contribution in [3.05, 3.63) is 64.1 Å². The van der Waals surface area contributed by atoms with Gasteiger partial charge in [0.05, 0.1) is 13.2 Å². The zero-order chi connectivity index (χ0) is 19.3. The molecule has 1 aromatic carbocycles. The van der Waals surface area contributed by atoms with Crippen molar-refractivity contribution in [1.82, 2.24) is 14.8 Å². The Balaban J connectivity index is 1.51. The first-order chi connectivity index (χ1) is 13.7. The van der Waals surface area contributed by atoms with Gasteiger partial charge in [0, 0.05) is 30.8 Å². The zero-order valence-corrected chi connectivity index (χ0v) is 16.0. The highest BCUT2D eigenvalue weighted by Gasteiger charge is 2.54. The second kappa shape index (κ2) is 6.78. The van der Waals surface area contributed by atoms with E-state index in [-0.39, 0.29) is 23.1 Å². The van der Waals surface area contributed by atoms with Crippen LogP contribution in [-0.4, -0.2) is 59.5 Å². The van der Waals surface area contributed by atoms with Crippen LogP contribution in [0.4, 0.5) is 0 Å². The predicted octanol–water partition coefficient (Wildman–Crippen LogP) is 2.09. The summed E-state index contributed by atoms with van der Waals surface area (Å²) in [6.07, 6.45) is 3.77. The van der Waals surface area contributed by atoms with E-state index in [2.05, 4.69) is 34.1 Å². The number of pyridine rings is 1. The van der Waals surface area contributed by atoms with Crippen LogP contribution in [0.15, 0.2) is 47.4 Å². The Labute approximate surface area is 164 Å². The van der Waals surface area contributed by atoms with Crippen LogP contribution in [0.1, 0.15) is 34.8 Å². The topological polar surface area (TPSA) is 65.6 Å². The van der Waals surface area contributed by atoms with Crippen molar-refractivity contribution < 1.29 is 9.53 Å². The Bertz CT molecular complexity index is 934. The third-order valence-corrected chi connectivity index (χ3v) is 6.81. The van der Waals surface area contributed by atoms with Gasteiger partial charge in [0.2, 0.25) is 5.43 Å². The Morgan fingerprint density at radius 1 is 1.14 bits per heavy atom. The number of methoxy groups -OCH3 is 1. The van der Waals surface area contributed by atoms with Crippen molar-refractivity contribution >= 4 is 5.91 Å². The number of carbonyl (C=O) groups excluding carboxylic acids is 1. The first-order valence-electron chi connectivity index (χ1n) is 10.0. The normalized spacial score (nSPS) is 30.9. The summed E-state index contributed by atoms with van der Waals surface area (Å²) in [7, 11) is 1.45. The van der Waals surface area contributed by atoms with E-state index in [4.69, 9.17) is 4.74 Å². The lowest BCUT2D eigenvalue weighted by Gasteiger charge is -2.51. The number of ether oxygens (including phenoxy) is 1. The highest BCUT2D eigenvalue weighted by atomic mass is 16.5. The number of amides is 1. The van der Waals surface area contributed by atoms with Gasteiger partial charge in [-0.2, -0.15) is 0 Å². The molecular weight excluding hydrogens is 354 g/mol. The van der Waals surface area contributed by atoms with Crippen LogP contribution in [0.3, 0.4) is 0 Å². The molecule has 6 nitrogen and oxygen atoms in total. The fourth-order valence-electron chi connectivity index (χ4n) is 5.54. The summed E-state index contributed by atoms with van der Waals surface area (Å²) in [5.41, 5.74) is 1.37. The summed E-state index contributed by atoms with van der Waals surface area (Å²) < 4.78 is 5.03. The van der Waals surface area contributed by atoms with Gasteiger partial charge >= 0.3 is 0 Å². The van der Waals surface area contributed by atoms with Gasteiger partial charge in [0.1, 0.15) is 5.69 Å².